The van der Waals surface area contributed by atoms with E-state index in [1.807, 2.05) is 24.0 Å². The van der Waals surface area contributed by atoms with Crippen molar-refractivity contribution in [3.8, 4) is 0 Å². The van der Waals surface area contributed by atoms with Crippen molar-refractivity contribution in [3.63, 3.8) is 0 Å². The number of carbonyl (C=O) groups is 1. The minimum absolute atomic E-state index is 0.244. The normalized spacial score (nSPS) is 16.5. The molecule has 0 bridgehead atoms. The van der Waals surface area contributed by atoms with E-state index in [9.17, 15) is 4.79 Å². The van der Waals surface area contributed by atoms with Gasteiger partial charge in [0.05, 0.1) is 10.9 Å². The molecule has 1 aromatic heterocycles. The number of nitrogens with zero attached hydrogens (tertiary/aromatic N) is 1. The molecule has 1 aliphatic rings. The van der Waals surface area contributed by atoms with Crippen molar-refractivity contribution in [1.29, 1.82) is 0 Å². The third kappa shape index (κ3) is 3.36. The van der Waals surface area contributed by atoms with Crippen LogP contribution in [0.15, 0.2) is 36.4 Å². The second kappa shape index (κ2) is 6.84. The number of aryl methyl sites for hydroxylation is 1. The average molecular weight is 334 g/mol. The lowest BCUT2D eigenvalue weighted by atomic mass is 9.97. The molecule has 1 amide bonds. The molecule has 3 rings (SSSR count). The van der Waals surface area contributed by atoms with E-state index in [1.165, 1.54) is 11.1 Å². The molecular weight excluding hydrogens is 314 g/mol. The van der Waals surface area contributed by atoms with Gasteiger partial charge < -0.3 is 4.90 Å². The summed E-state index contributed by atoms with van der Waals surface area (Å²) in [7, 11) is 0. The minimum atomic E-state index is 0.244. The smallest absolute Gasteiger partial charge is 0.223 e. The van der Waals surface area contributed by atoms with Gasteiger partial charge in [-0.3, -0.25) is 4.79 Å². The first-order valence-corrected chi connectivity index (χ1v) is 8.96. The molecule has 2 aromatic rings. The predicted molar refractivity (Wildman–Crippen MR) is 92.5 cm³/mol. The molecule has 116 valence electrons. The Hall–Kier alpha value is -1.32. The van der Waals surface area contributed by atoms with Gasteiger partial charge in [-0.25, -0.2) is 0 Å². The summed E-state index contributed by atoms with van der Waals surface area (Å²) in [6.07, 6.45) is 2.80. The summed E-state index contributed by atoms with van der Waals surface area (Å²) in [6.45, 7) is 3.44. The maximum absolute atomic E-state index is 12.6. The lowest BCUT2D eigenvalue weighted by Crippen LogP contribution is -2.30. The van der Waals surface area contributed by atoms with Gasteiger partial charge in [-0.05, 0) is 48.9 Å². The Kier molecular flexibility index (Phi) is 4.84. The maximum atomic E-state index is 12.6. The van der Waals surface area contributed by atoms with E-state index in [4.69, 9.17) is 11.6 Å². The van der Waals surface area contributed by atoms with Gasteiger partial charge in [-0.15, -0.1) is 11.3 Å². The zero-order valence-corrected chi connectivity index (χ0v) is 14.3. The van der Waals surface area contributed by atoms with E-state index >= 15 is 0 Å². The minimum Gasteiger partial charge on any atom is -0.338 e. The predicted octanol–water partition coefficient (Wildman–Crippen LogP) is 4.87. The van der Waals surface area contributed by atoms with Crippen LogP contribution in [-0.2, 0) is 17.8 Å². The summed E-state index contributed by atoms with van der Waals surface area (Å²) in [5, 5.41) is 0. The maximum Gasteiger partial charge on any atom is 0.223 e. The number of thiophene rings is 1. The third-order valence-electron chi connectivity index (χ3n) is 4.39. The fraction of sp³-hybridized carbons (Fsp3) is 0.389. The Balaban J connectivity index is 1.65. The largest absolute Gasteiger partial charge is 0.338 e. The highest BCUT2D eigenvalue weighted by molar-refractivity contribution is 7.16. The van der Waals surface area contributed by atoms with Crippen LogP contribution in [-0.4, -0.2) is 17.4 Å². The first-order valence-electron chi connectivity index (χ1n) is 7.77. The van der Waals surface area contributed by atoms with E-state index < -0.39 is 0 Å². The summed E-state index contributed by atoms with van der Waals surface area (Å²) >= 11 is 7.53. The molecule has 1 atom stereocenters. The van der Waals surface area contributed by atoms with Gasteiger partial charge in [0.15, 0.2) is 0 Å². The van der Waals surface area contributed by atoms with Gasteiger partial charge in [0, 0.05) is 17.8 Å². The molecule has 1 heterocycles. The number of halogens is 1. The van der Waals surface area contributed by atoms with Crippen LogP contribution in [0.5, 0.6) is 0 Å². The number of fused-ring (bicyclic) bond motifs is 1. The van der Waals surface area contributed by atoms with Crippen molar-refractivity contribution in [3.05, 3.63) is 56.7 Å². The van der Waals surface area contributed by atoms with Crippen LogP contribution in [0, 0.1) is 0 Å². The first-order chi connectivity index (χ1) is 10.7. The third-order valence-corrected chi connectivity index (χ3v) is 5.60. The molecule has 22 heavy (non-hydrogen) atoms. The second-order valence-corrected chi connectivity index (χ2v) is 7.55. The highest BCUT2D eigenvalue weighted by atomic mass is 35.5. The van der Waals surface area contributed by atoms with E-state index in [1.54, 1.807) is 11.3 Å². The van der Waals surface area contributed by atoms with Crippen molar-refractivity contribution in [1.82, 2.24) is 4.90 Å². The lowest BCUT2D eigenvalue weighted by Gasteiger charge is -2.22. The van der Waals surface area contributed by atoms with Crippen LogP contribution < -0.4 is 0 Å². The highest BCUT2D eigenvalue weighted by Gasteiger charge is 2.26. The standard InChI is InChI=1S/C18H20ClNOS/c1-2-20(12-15-9-10-17(19)22-15)18(21)11-14-8-7-13-5-3-4-6-16(13)14/h3-6,9-10,14H,2,7-8,11-12H2,1H3. The van der Waals surface area contributed by atoms with Crippen LogP contribution in [0.25, 0.3) is 0 Å². The molecule has 1 aliphatic carbocycles. The number of rotatable bonds is 5. The van der Waals surface area contributed by atoms with Crippen molar-refractivity contribution in [2.45, 2.75) is 38.6 Å². The molecule has 1 unspecified atom stereocenters. The summed E-state index contributed by atoms with van der Waals surface area (Å²) in [6, 6.07) is 12.4. The number of hydrogen-bond donors (Lipinski definition) is 0. The molecule has 2 nitrogen and oxygen atoms in total. The number of amides is 1. The Bertz CT molecular complexity index is 667. The lowest BCUT2D eigenvalue weighted by molar-refractivity contribution is -0.132. The Morgan fingerprint density at radius 1 is 1.32 bits per heavy atom. The summed E-state index contributed by atoms with van der Waals surface area (Å²) in [5.41, 5.74) is 2.78. The van der Waals surface area contributed by atoms with E-state index in [0.29, 0.717) is 18.9 Å². The Morgan fingerprint density at radius 2 is 2.14 bits per heavy atom. The Morgan fingerprint density at radius 3 is 2.86 bits per heavy atom. The van der Waals surface area contributed by atoms with Crippen molar-refractivity contribution < 1.29 is 4.79 Å². The molecule has 0 saturated carbocycles. The number of carbonyl (C=O) groups excluding carboxylic acids is 1. The van der Waals surface area contributed by atoms with Crippen LogP contribution >= 0.6 is 22.9 Å². The van der Waals surface area contributed by atoms with Crippen molar-refractivity contribution in [2.24, 2.45) is 0 Å². The summed E-state index contributed by atoms with van der Waals surface area (Å²) in [4.78, 5) is 15.7. The first kappa shape index (κ1) is 15.6. The second-order valence-electron chi connectivity index (χ2n) is 5.75. The zero-order valence-electron chi connectivity index (χ0n) is 12.7. The number of hydrogen-bond acceptors (Lipinski definition) is 2. The molecule has 0 saturated heterocycles. The highest BCUT2D eigenvalue weighted by Crippen LogP contribution is 2.35. The molecular formula is C18H20ClNOS. The van der Waals surface area contributed by atoms with Gasteiger partial charge >= 0.3 is 0 Å². The molecule has 0 radical (unpaired) electrons. The van der Waals surface area contributed by atoms with Crippen LogP contribution in [0.1, 0.15) is 41.7 Å². The molecule has 0 spiro atoms. The van der Waals surface area contributed by atoms with Crippen molar-refractivity contribution >= 4 is 28.8 Å². The van der Waals surface area contributed by atoms with E-state index in [-0.39, 0.29) is 5.91 Å². The van der Waals surface area contributed by atoms with Gasteiger partial charge in [-0.2, -0.15) is 0 Å². The number of benzene rings is 1. The summed E-state index contributed by atoms with van der Waals surface area (Å²) in [5.74, 6) is 0.624. The molecule has 1 aromatic carbocycles. The fourth-order valence-electron chi connectivity index (χ4n) is 3.20. The average Bonchev–Trinajstić information content (AvgIpc) is 3.11. The molecule has 4 heteroatoms. The Labute approximate surface area is 140 Å². The van der Waals surface area contributed by atoms with Crippen LogP contribution in [0.2, 0.25) is 4.34 Å². The fourth-order valence-corrected chi connectivity index (χ4v) is 4.30. The summed E-state index contributed by atoms with van der Waals surface area (Å²) < 4.78 is 0.781. The van der Waals surface area contributed by atoms with Gasteiger partial charge in [0.25, 0.3) is 0 Å². The molecule has 0 N–H and O–H groups in total. The monoisotopic (exact) mass is 333 g/mol. The zero-order chi connectivity index (χ0) is 15.5. The SMILES string of the molecule is CCN(Cc1ccc(Cl)s1)C(=O)CC1CCc2ccccc21. The van der Waals surface area contributed by atoms with E-state index in [2.05, 4.69) is 24.3 Å². The van der Waals surface area contributed by atoms with Crippen LogP contribution in [0.4, 0.5) is 0 Å². The van der Waals surface area contributed by atoms with Crippen LogP contribution in [0.3, 0.4) is 0 Å². The van der Waals surface area contributed by atoms with Gasteiger partial charge in [0.1, 0.15) is 0 Å². The molecule has 0 aliphatic heterocycles. The van der Waals surface area contributed by atoms with E-state index in [0.717, 1.165) is 28.6 Å². The van der Waals surface area contributed by atoms with Crippen molar-refractivity contribution in [2.75, 3.05) is 6.54 Å². The molecule has 0 fully saturated rings. The van der Waals surface area contributed by atoms with Gasteiger partial charge in [0.2, 0.25) is 5.91 Å². The quantitative estimate of drug-likeness (QED) is 0.764. The topological polar surface area (TPSA) is 20.3 Å². The van der Waals surface area contributed by atoms with Gasteiger partial charge in [-0.1, -0.05) is 35.9 Å².